The van der Waals surface area contributed by atoms with Crippen LogP contribution in [0.3, 0.4) is 0 Å². The number of aryl methyl sites for hydroxylation is 2. The average molecular weight is 209 g/mol. The van der Waals surface area contributed by atoms with Gasteiger partial charge in [0.1, 0.15) is 0 Å². The summed E-state index contributed by atoms with van der Waals surface area (Å²) in [5, 5.41) is 0. The molecule has 2 aromatic carbocycles. The van der Waals surface area contributed by atoms with E-state index >= 15 is 0 Å². The Morgan fingerprint density at radius 3 is 2.38 bits per heavy atom. The second-order valence-electron chi connectivity index (χ2n) is 3.97. The van der Waals surface area contributed by atoms with Crippen molar-refractivity contribution >= 4 is 0 Å². The SMILES string of the molecule is CCc1ccc(-c2[c]cccc2)cc1CC. The summed E-state index contributed by atoms with van der Waals surface area (Å²) in [5.74, 6) is 0. The Morgan fingerprint density at radius 2 is 1.75 bits per heavy atom. The Hall–Kier alpha value is -1.56. The molecule has 0 aliphatic rings. The van der Waals surface area contributed by atoms with Gasteiger partial charge in [-0.25, -0.2) is 0 Å². The molecule has 81 valence electrons. The van der Waals surface area contributed by atoms with Gasteiger partial charge in [-0.1, -0.05) is 56.3 Å². The van der Waals surface area contributed by atoms with Gasteiger partial charge in [0.2, 0.25) is 0 Å². The molecule has 1 radical (unpaired) electrons. The molecular formula is C16H17. The highest BCUT2D eigenvalue weighted by atomic mass is 14.1. The second-order valence-corrected chi connectivity index (χ2v) is 3.97. The lowest BCUT2D eigenvalue weighted by Gasteiger charge is -2.08. The Bertz CT molecular complexity index is 455. The van der Waals surface area contributed by atoms with Crippen molar-refractivity contribution in [3.63, 3.8) is 0 Å². The first-order valence-electron chi connectivity index (χ1n) is 5.94. The van der Waals surface area contributed by atoms with E-state index < -0.39 is 0 Å². The van der Waals surface area contributed by atoms with Crippen molar-refractivity contribution in [3.8, 4) is 11.1 Å². The van der Waals surface area contributed by atoms with Gasteiger partial charge in [0, 0.05) is 0 Å². The third kappa shape index (κ3) is 2.16. The van der Waals surface area contributed by atoms with Gasteiger partial charge in [-0.05, 0) is 41.2 Å². The van der Waals surface area contributed by atoms with Crippen molar-refractivity contribution in [1.29, 1.82) is 0 Å². The van der Waals surface area contributed by atoms with Crippen LogP contribution in [-0.4, -0.2) is 0 Å². The van der Waals surface area contributed by atoms with Crippen LogP contribution in [0.25, 0.3) is 11.1 Å². The molecule has 0 saturated carbocycles. The fourth-order valence-corrected chi connectivity index (χ4v) is 2.04. The van der Waals surface area contributed by atoms with E-state index in [1.165, 1.54) is 22.3 Å². The first-order valence-corrected chi connectivity index (χ1v) is 5.94. The molecule has 2 rings (SSSR count). The maximum atomic E-state index is 3.27. The maximum Gasteiger partial charge on any atom is -0.00992 e. The van der Waals surface area contributed by atoms with Crippen molar-refractivity contribution in [3.05, 3.63) is 59.7 Å². The molecule has 16 heavy (non-hydrogen) atoms. The first-order chi connectivity index (χ1) is 7.85. The molecule has 0 heteroatoms. The predicted molar refractivity (Wildman–Crippen MR) is 69.5 cm³/mol. The molecular weight excluding hydrogens is 192 g/mol. The number of benzene rings is 2. The Kier molecular flexibility index (Phi) is 3.40. The molecule has 0 aliphatic heterocycles. The zero-order valence-electron chi connectivity index (χ0n) is 9.96. The van der Waals surface area contributed by atoms with Crippen LogP contribution >= 0.6 is 0 Å². The van der Waals surface area contributed by atoms with Crippen molar-refractivity contribution < 1.29 is 0 Å². The highest BCUT2D eigenvalue weighted by Crippen LogP contribution is 2.22. The van der Waals surface area contributed by atoms with Crippen LogP contribution in [-0.2, 0) is 12.8 Å². The van der Waals surface area contributed by atoms with Gasteiger partial charge in [0.15, 0.2) is 0 Å². The van der Waals surface area contributed by atoms with E-state index in [9.17, 15) is 0 Å². The van der Waals surface area contributed by atoms with E-state index in [0.717, 1.165) is 12.8 Å². The van der Waals surface area contributed by atoms with Crippen molar-refractivity contribution in [2.45, 2.75) is 26.7 Å². The topological polar surface area (TPSA) is 0 Å². The second kappa shape index (κ2) is 4.98. The average Bonchev–Trinajstić information content (AvgIpc) is 2.39. The van der Waals surface area contributed by atoms with Crippen LogP contribution in [0.5, 0.6) is 0 Å². The maximum absolute atomic E-state index is 3.27. The molecule has 0 unspecified atom stereocenters. The molecule has 2 aromatic rings. The van der Waals surface area contributed by atoms with Crippen LogP contribution in [0.4, 0.5) is 0 Å². The Labute approximate surface area is 97.9 Å². The van der Waals surface area contributed by atoms with Crippen LogP contribution in [0.2, 0.25) is 0 Å². The quantitative estimate of drug-likeness (QED) is 0.707. The molecule has 0 fully saturated rings. The minimum atomic E-state index is 1.10. The Balaban J connectivity index is 2.44. The highest BCUT2D eigenvalue weighted by molar-refractivity contribution is 5.64. The van der Waals surface area contributed by atoms with Crippen molar-refractivity contribution in [1.82, 2.24) is 0 Å². The molecule has 0 spiro atoms. The lowest BCUT2D eigenvalue weighted by molar-refractivity contribution is 1.04. The van der Waals surface area contributed by atoms with Gasteiger partial charge < -0.3 is 0 Å². The van der Waals surface area contributed by atoms with E-state index in [1.807, 2.05) is 12.1 Å². The molecule has 0 amide bonds. The molecule has 0 heterocycles. The summed E-state index contributed by atoms with van der Waals surface area (Å²) in [6, 6.07) is 18.2. The lowest BCUT2D eigenvalue weighted by Crippen LogP contribution is -1.91. The smallest absolute Gasteiger partial charge is 0.00992 e. The zero-order chi connectivity index (χ0) is 11.4. The number of hydrogen-bond acceptors (Lipinski definition) is 0. The molecule has 0 bridgehead atoms. The van der Waals surface area contributed by atoms with E-state index in [2.05, 4.69) is 50.2 Å². The van der Waals surface area contributed by atoms with Crippen molar-refractivity contribution in [2.24, 2.45) is 0 Å². The van der Waals surface area contributed by atoms with Crippen LogP contribution in [0.15, 0.2) is 42.5 Å². The fraction of sp³-hybridized carbons (Fsp3) is 0.250. The van der Waals surface area contributed by atoms with E-state index in [4.69, 9.17) is 0 Å². The van der Waals surface area contributed by atoms with Crippen molar-refractivity contribution in [2.75, 3.05) is 0 Å². The minimum Gasteiger partial charge on any atom is -0.0616 e. The van der Waals surface area contributed by atoms with Crippen LogP contribution in [0.1, 0.15) is 25.0 Å². The molecule has 0 saturated heterocycles. The minimum absolute atomic E-state index is 1.10. The lowest BCUT2D eigenvalue weighted by atomic mass is 9.97. The first kappa shape index (κ1) is 10.9. The van der Waals surface area contributed by atoms with Gasteiger partial charge in [-0.3, -0.25) is 0 Å². The summed E-state index contributed by atoms with van der Waals surface area (Å²) < 4.78 is 0. The largest absolute Gasteiger partial charge is 0.0616 e. The van der Waals surface area contributed by atoms with Crippen LogP contribution < -0.4 is 0 Å². The van der Waals surface area contributed by atoms with Gasteiger partial charge in [-0.2, -0.15) is 0 Å². The molecule has 0 nitrogen and oxygen atoms in total. The summed E-state index contributed by atoms with van der Waals surface area (Å²) in [7, 11) is 0. The monoisotopic (exact) mass is 209 g/mol. The van der Waals surface area contributed by atoms with E-state index in [0.29, 0.717) is 0 Å². The zero-order valence-corrected chi connectivity index (χ0v) is 9.96. The van der Waals surface area contributed by atoms with Crippen LogP contribution in [0, 0.1) is 6.07 Å². The molecule has 0 atom stereocenters. The van der Waals surface area contributed by atoms with Gasteiger partial charge in [-0.15, -0.1) is 0 Å². The summed E-state index contributed by atoms with van der Waals surface area (Å²) in [5.41, 5.74) is 5.37. The van der Waals surface area contributed by atoms with Gasteiger partial charge >= 0.3 is 0 Å². The summed E-state index contributed by atoms with van der Waals surface area (Å²) >= 11 is 0. The number of rotatable bonds is 3. The summed E-state index contributed by atoms with van der Waals surface area (Å²) in [4.78, 5) is 0. The van der Waals surface area contributed by atoms with Gasteiger partial charge in [0.05, 0.1) is 0 Å². The normalized spacial score (nSPS) is 10.4. The third-order valence-corrected chi connectivity index (χ3v) is 2.99. The summed E-state index contributed by atoms with van der Waals surface area (Å²) in [6.45, 7) is 4.43. The number of hydrogen-bond donors (Lipinski definition) is 0. The molecule has 0 aromatic heterocycles. The Morgan fingerprint density at radius 1 is 0.938 bits per heavy atom. The fourth-order valence-electron chi connectivity index (χ4n) is 2.04. The van der Waals surface area contributed by atoms with E-state index in [-0.39, 0.29) is 0 Å². The highest BCUT2D eigenvalue weighted by Gasteiger charge is 2.02. The summed E-state index contributed by atoms with van der Waals surface area (Å²) in [6.07, 6.45) is 2.21. The molecule has 0 aliphatic carbocycles. The third-order valence-electron chi connectivity index (χ3n) is 2.99. The standard InChI is InChI=1S/C16H17/c1-3-13-10-11-16(12-14(13)4-2)15-8-6-5-7-9-15/h5-8,10-12H,3-4H2,1-2H3. The molecule has 0 N–H and O–H groups in total. The van der Waals surface area contributed by atoms with Gasteiger partial charge in [0.25, 0.3) is 0 Å². The predicted octanol–water partition coefficient (Wildman–Crippen LogP) is 4.28. The van der Waals surface area contributed by atoms with E-state index in [1.54, 1.807) is 0 Å².